The number of unbranched alkanes of at least 4 members (excludes halogenated alkanes) is 17. The van der Waals surface area contributed by atoms with Gasteiger partial charge in [0.2, 0.25) is 0 Å². The molecule has 0 saturated heterocycles. The van der Waals surface area contributed by atoms with Crippen molar-refractivity contribution in [1.29, 1.82) is 0 Å². The largest absolute Gasteiger partial charge is 0.375 e. The normalized spacial score (nSPS) is 19.0. The van der Waals surface area contributed by atoms with E-state index in [0.717, 1.165) is 51.7 Å². The molecule has 0 unspecified atom stereocenters. The summed E-state index contributed by atoms with van der Waals surface area (Å²) < 4.78 is 12.8. The van der Waals surface area contributed by atoms with Crippen LogP contribution in [0.2, 0.25) is 0 Å². The van der Waals surface area contributed by atoms with Gasteiger partial charge in [0.05, 0.1) is 18.3 Å². The SMILES string of the molecule is CCCCC/C=C\C/C=C\CCCCCCCCO[C@@H]1C[C@H](ON(C)C)C[C@@H]1OCCCCCCC/C=C\C/C=C\CCCCC. The Kier molecular flexibility index (Phi) is 31.4. The lowest BCUT2D eigenvalue weighted by Gasteiger charge is -2.20. The number of ether oxygens (including phenoxy) is 2. The van der Waals surface area contributed by atoms with Crippen molar-refractivity contribution in [2.24, 2.45) is 0 Å². The predicted molar refractivity (Wildman–Crippen MR) is 201 cm³/mol. The molecule has 1 saturated carbocycles. The molecule has 0 radical (unpaired) electrons. The zero-order chi connectivity index (χ0) is 33.2. The van der Waals surface area contributed by atoms with Gasteiger partial charge in [0, 0.05) is 40.2 Å². The van der Waals surface area contributed by atoms with Crippen LogP contribution in [0.4, 0.5) is 0 Å². The van der Waals surface area contributed by atoms with Gasteiger partial charge in [-0.3, -0.25) is 4.84 Å². The molecular formula is C42H77NO3. The zero-order valence-corrected chi connectivity index (χ0v) is 31.1. The Hall–Kier alpha value is -1.20. The van der Waals surface area contributed by atoms with Crippen LogP contribution in [-0.4, -0.2) is 50.7 Å². The Labute approximate surface area is 287 Å². The lowest BCUT2D eigenvalue weighted by molar-refractivity contribution is -0.165. The van der Waals surface area contributed by atoms with Crippen LogP contribution in [0.25, 0.3) is 0 Å². The number of allylic oxidation sites excluding steroid dienone is 8. The fourth-order valence-electron chi connectivity index (χ4n) is 6.13. The van der Waals surface area contributed by atoms with Crippen LogP contribution in [0.3, 0.4) is 0 Å². The zero-order valence-electron chi connectivity index (χ0n) is 31.1. The van der Waals surface area contributed by atoms with Crippen LogP contribution in [0, 0.1) is 0 Å². The quantitative estimate of drug-likeness (QED) is 0.0404. The van der Waals surface area contributed by atoms with Crippen molar-refractivity contribution in [3.8, 4) is 0 Å². The number of hydrogen-bond acceptors (Lipinski definition) is 4. The van der Waals surface area contributed by atoms with Crippen LogP contribution in [0.5, 0.6) is 0 Å². The highest BCUT2D eigenvalue weighted by molar-refractivity contribution is 4.93. The average molecular weight is 644 g/mol. The fraction of sp³-hybridized carbons (Fsp3) is 0.810. The lowest BCUT2D eigenvalue weighted by Crippen LogP contribution is -2.27. The molecule has 1 rings (SSSR count). The fourth-order valence-corrected chi connectivity index (χ4v) is 6.13. The van der Waals surface area contributed by atoms with Crippen molar-refractivity contribution in [3.05, 3.63) is 48.6 Å². The first-order valence-corrected chi connectivity index (χ1v) is 19.8. The Bertz CT molecular complexity index is 743. The number of rotatable bonds is 33. The first-order chi connectivity index (χ1) is 22.7. The first-order valence-electron chi connectivity index (χ1n) is 19.8. The third kappa shape index (κ3) is 27.9. The lowest BCUT2D eigenvalue weighted by atomic mass is 10.1. The van der Waals surface area contributed by atoms with Crippen molar-refractivity contribution in [2.75, 3.05) is 27.3 Å². The third-order valence-electron chi connectivity index (χ3n) is 8.87. The van der Waals surface area contributed by atoms with Gasteiger partial charge in [-0.15, -0.1) is 0 Å². The first kappa shape index (κ1) is 42.8. The molecule has 0 N–H and O–H groups in total. The van der Waals surface area contributed by atoms with E-state index in [-0.39, 0.29) is 18.3 Å². The van der Waals surface area contributed by atoms with Gasteiger partial charge in [0.25, 0.3) is 0 Å². The van der Waals surface area contributed by atoms with Crippen LogP contribution in [-0.2, 0) is 14.3 Å². The maximum atomic E-state index is 6.38. The minimum absolute atomic E-state index is 0.167. The summed E-state index contributed by atoms with van der Waals surface area (Å²) in [6, 6.07) is 0. The molecule has 0 heterocycles. The summed E-state index contributed by atoms with van der Waals surface area (Å²) in [6.07, 6.45) is 50.3. The van der Waals surface area contributed by atoms with Crippen LogP contribution in [0.1, 0.15) is 174 Å². The Morgan fingerprint density at radius 1 is 0.457 bits per heavy atom. The second-order valence-electron chi connectivity index (χ2n) is 13.6. The summed E-state index contributed by atoms with van der Waals surface area (Å²) in [5.41, 5.74) is 0. The van der Waals surface area contributed by atoms with Crippen molar-refractivity contribution in [1.82, 2.24) is 5.06 Å². The number of hydrogen-bond donors (Lipinski definition) is 0. The van der Waals surface area contributed by atoms with Crippen molar-refractivity contribution in [3.63, 3.8) is 0 Å². The average Bonchev–Trinajstić information content (AvgIpc) is 3.42. The third-order valence-corrected chi connectivity index (χ3v) is 8.87. The maximum absolute atomic E-state index is 6.38. The molecule has 46 heavy (non-hydrogen) atoms. The second-order valence-corrected chi connectivity index (χ2v) is 13.6. The molecule has 0 bridgehead atoms. The summed E-state index contributed by atoms with van der Waals surface area (Å²) in [5.74, 6) is 0. The Morgan fingerprint density at radius 2 is 0.804 bits per heavy atom. The van der Waals surface area contributed by atoms with Crippen LogP contribution >= 0.6 is 0 Å². The summed E-state index contributed by atoms with van der Waals surface area (Å²) in [4.78, 5) is 6.00. The molecule has 4 nitrogen and oxygen atoms in total. The smallest absolute Gasteiger partial charge is 0.0863 e. The number of nitrogens with zero attached hydrogens (tertiary/aromatic N) is 1. The van der Waals surface area contributed by atoms with Gasteiger partial charge in [-0.2, -0.15) is 5.06 Å². The molecule has 0 aliphatic heterocycles. The van der Waals surface area contributed by atoms with Crippen LogP contribution in [0.15, 0.2) is 48.6 Å². The molecule has 1 aliphatic rings. The highest BCUT2D eigenvalue weighted by Crippen LogP contribution is 2.29. The molecule has 0 spiro atoms. The molecular weight excluding hydrogens is 566 g/mol. The van der Waals surface area contributed by atoms with E-state index in [0.29, 0.717) is 0 Å². The van der Waals surface area contributed by atoms with E-state index in [1.54, 1.807) is 0 Å². The van der Waals surface area contributed by atoms with E-state index in [1.165, 1.54) is 122 Å². The van der Waals surface area contributed by atoms with E-state index in [9.17, 15) is 0 Å². The summed E-state index contributed by atoms with van der Waals surface area (Å²) in [5, 5.41) is 1.83. The minimum Gasteiger partial charge on any atom is -0.375 e. The van der Waals surface area contributed by atoms with Gasteiger partial charge in [-0.1, -0.05) is 133 Å². The minimum atomic E-state index is 0.167. The molecule has 0 amide bonds. The highest BCUT2D eigenvalue weighted by atomic mass is 16.7. The van der Waals surface area contributed by atoms with E-state index < -0.39 is 0 Å². The van der Waals surface area contributed by atoms with Crippen LogP contribution < -0.4 is 0 Å². The van der Waals surface area contributed by atoms with Crippen molar-refractivity contribution >= 4 is 0 Å². The Balaban J connectivity index is 2.05. The van der Waals surface area contributed by atoms with Gasteiger partial charge in [-0.25, -0.2) is 0 Å². The van der Waals surface area contributed by atoms with Gasteiger partial charge in [0.15, 0.2) is 0 Å². The van der Waals surface area contributed by atoms with Gasteiger partial charge >= 0.3 is 0 Å². The summed E-state index contributed by atoms with van der Waals surface area (Å²) in [7, 11) is 3.94. The van der Waals surface area contributed by atoms with E-state index in [2.05, 4.69) is 62.5 Å². The Morgan fingerprint density at radius 3 is 1.17 bits per heavy atom. The predicted octanol–water partition coefficient (Wildman–Crippen LogP) is 12.6. The molecule has 0 aromatic rings. The molecule has 268 valence electrons. The molecule has 1 fully saturated rings. The standard InChI is InChI=1S/C42H77NO3/c1-5-7-9-11-13-15-17-19-21-23-25-27-29-31-33-35-37-45-42-39-40(46-43(3)4)38-41(42)44-36-34-32-30-28-26-24-22-20-18-16-14-12-10-8-6-2/h13-16,19-22,40-42H,5-12,17-18,23-39H2,1-4H3/b15-13-,16-14-,21-19-,22-20-/t40-,41+,42-/m1/s1. The van der Waals surface area contributed by atoms with E-state index >= 15 is 0 Å². The monoisotopic (exact) mass is 644 g/mol. The molecule has 0 aromatic carbocycles. The van der Waals surface area contributed by atoms with Crippen molar-refractivity contribution < 1.29 is 14.3 Å². The summed E-state index contributed by atoms with van der Waals surface area (Å²) in [6.45, 7) is 6.21. The molecule has 1 aliphatic carbocycles. The molecule has 4 heteroatoms. The van der Waals surface area contributed by atoms with Gasteiger partial charge in [0.1, 0.15) is 0 Å². The second kappa shape index (κ2) is 33.7. The molecule has 0 aromatic heterocycles. The van der Waals surface area contributed by atoms with Gasteiger partial charge in [-0.05, 0) is 77.0 Å². The topological polar surface area (TPSA) is 30.9 Å². The highest BCUT2D eigenvalue weighted by Gasteiger charge is 2.37. The number of hydroxylamine groups is 2. The van der Waals surface area contributed by atoms with E-state index in [4.69, 9.17) is 14.3 Å². The van der Waals surface area contributed by atoms with E-state index in [1.807, 2.05) is 19.2 Å². The van der Waals surface area contributed by atoms with Gasteiger partial charge < -0.3 is 9.47 Å². The van der Waals surface area contributed by atoms with Crippen molar-refractivity contribution in [2.45, 2.75) is 193 Å². The maximum Gasteiger partial charge on any atom is 0.0863 e. The summed E-state index contributed by atoms with van der Waals surface area (Å²) >= 11 is 0. The molecule has 3 atom stereocenters.